The first-order valence-corrected chi connectivity index (χ1v) is 6.88. The lowest BCUT2D eigenvalue weighted by Gasteiger charge is -2.10. The summed E-state index contributed by atoms with van der Waals surface area (Å²) >= 11 is 1.43. The third-order valence-electron chi connectivity index (χ3n) is 2.97. The minimum absolute atomic E-state index is 0.377. The Bertz CT molecular complexity index is 743. The van der Waals surface area contributed by atoms with E-state index in [1.807, 2.05) is 6.92 Å². The highest BCUT2D eigenvalue weighted by atomic mass is 32.1. The quantitative estimate of drug-likeness (QED) is 0.814. The first-order chi connectivity index (χ1) is 9.68. The molecule has 0 spiro atoms. The Labute approximate surface area is 122 Å². The van der Waals surface area contributed by atoms with Crippen molar-refractivity contribution in [3.8, 4) is 0 Å². The van der Waals surface area contributed by atoms with E-state index < -0.39 is 23.8 Å². The Morgan fingerprint density at radius 2 is 1.95 bits per heavy atom. The third-order valence-corrected chi connectivity index (χ3v) is 3.93. The number of alkyl halides is 3. The van der Waals surface area contributed by atoms with Crippen molar-refractivity contribution in [3.05, 3.63) is 55.6 Å². The largest absolute Gasteiger partial charge is 0.417 e. The summed E-state index contributed by atoms with van der Waals surface area (Å²) in [6.45, 7) is 3.20. The van der Waals surface area contributed by atoms with Crippen molar-refractivity contribution < 1.29 is 18.0 Å². The molecular weight excluding hydrogens is 303 g/mol. The molecule has 0 atom stereocenters. The standard InChI is InChI=1S/C14H12F3NO2S/c1-8-5-11(9(2)21-8)12(19)7-18-6-10(14(15,16)17)3-4-13(18)20/h3-6H,7H2,1-2H3. The highest BCUT2D eigenvalue weighted by molar-refractivity contribution is 7.12. The van der Waals surface area contributed by atoms with Crippen LogP contribution >= 0.6 is 11.3 Å². The first-order valence-electron chi connectivity index (χ1n) is 6.06. The maximum absolute atomic E-state index is 12.6. The molecule has 2 aromatic heterocycles. The number of aryl methyl sites for hydroxylation is 2. The Kier molecular flexibility index (Phi) is 4.04. The van der Waals surface area contributed by atoms with Gasteiger partial charge < -0.3 is 4.57 Å². The van der Waals surface area contributed by atoms with Gasteiger partial charge in [-0.15, -0.1) is 11.3 Å². The predicted molar refractivity (Wildman–Crippen MR) is 73.8 cm³/mol. The van der Waals surface area contributed by atoms with E-state index in [-0.39, 0.29) is 5.78 Å². The van der Waals surface area contributed by atoms with Crippen molar-refractivity contribution in [2.75, 3.05) is 0 Å². The van der Waals surface area contributed by atoms with Crippen molar-refractivity contribution in [1.29, 1.82) is 0 Å². The van der Waals surface area contributed by atoms with Crippen LogP contribution < -0.4 is 5.56 Å². The fourth-order valence-corrected chi connectivity index (χ4v) is 2.91. The van der Waals surface area contributed by atoms with E-state index in [4.69, 9.17) is 0 Å². The first kappa shape index (κ1) is 15.5. The molecule has 0 N–H and O–H groups in total. The van der Waals surface area contributed by atoms with Crippen LogP contribution in [0.2, 0.25) is 0 Å². The number of rotatable bonds is 3. The summed E-state index contributed by atoms with van der Waals surface area (Å²) in [5, 5.41) is 0. The molecule has 0 fully saturated rings. The molecule has 0 aliphatic heterocycles. The molecule has 112 valence electrons. The van der Waals surface area contributed by atoms with E-state index in [2.05, 4.69) is 0 Å². The number of aromatic nitrogens is 1. The Morgan fingerprint density at radius 1 is 1.29 bits per heavy atom. The molecule has 0 saturated carbocycles. The van der Waals surface area contributed by atoms with Crippen LogP contribution in [0.25, 0.3) is 0 Å². The number of ketones is 1. The summed E-state index contributed by atoms with van der Waals surface area (Å²) in [7, 11) is 0. The summed E-state index contributed by atoms with van der Waals surface area (Å²) in [6.07, 6.45) is -3.87. The van der Waals surface area contributed by atoms with Gasteiger partial charge in [-0.25, -0.2) is 0 Å². The van der Waals surface area contributed by atoms with E-state index in [1.165, 1.54) is 11.3 Å². The van der Waals surface area contributed by atoms with Crippen molar-refractivity contribution >= 4 is 17.1 Å². The van der Waals surface area contributed by atoms with E-state index in [0.29, 0.717) is 17.8 Å². The molecule has 0 aliphatic rings. The van der Waals surface area contributed by atoms with Crippen LogP contribution in [0, 0.1) is 13.8 Å². The van der Waals surface area contributed by atoms with Gasteiger partial charge in [0.05, 0.1) is 12.1 Å². The van der Waals surface area contributed by atoms with Crippen molar-refractivity contribution in [2.45, 2.75) is 26.6 Å². The molecule has 2 aromatic rings. The second-order valence-corrected chi connectivity index (χ2v) is 6.09. The minimum Gasteiger partial charge on any atom is -0.307 e. The molecule has 2 rings (SSSR count). The summed E-state index contributed by atoms with van der Waals surface area (Å²) in [5.41, 5.74) is -1.14. The van der Waals surface area contributed by atoms with Crippen LogP contribution in [-0.2, 0) is 12.7 Å². The highest BCUT2D eigenvalue weighted by Crippen LogP contribution is 2.28. The molecule has 0 unspecified atom stereocenters. The Hall–Kier alpha value is -1.89. The molecule has 21 heavy (non-hydrogen) atoms. The average Bonchev–Trinajstić information content (AvgIpc) is 2.70. The lowest BCUT2D eigenvalue weighted by Crippen LogP contribution is -2.25. The van der Waals surface area contributed by atoms with Crippen LogP contribution in [0.15, 0.2) is 29.2 Å². The average molecular weight is 315 g/mol. The van der Waals surface area contributed by atoms with Crippen LogP contribution in [-0.4, -0.2) is 10.4 Å². The normalized spacial score (nSPS) is 11.7. The predicted octanol–water partition coefficient (Wildman–Crippen LogP) is 3.43. The number of pyridine rings is 1. The van der Waals surface area contributed by atoms with Gasteiger partial charge in [-0.3, -0.25) is 9.59 Å². The topological polar surface area (TPSA) is 39.1 Å². The smallest absolute Gasteiger partial charge is 0.307 e. The SMILES string of the molecule is Cc1cc(C(=O)Cn2cc(C(F)(F)F)ccc2=O)c(C)s1. The zero-order valence-corrected chi connectivity index (χ0v) is 12.1. The van der Waals surface area contributed by atoms with Crippen LogP contribution in [0.5, 0.6) is 0 Å². The van der Waals surface area contributed by atoms with E-state index in [0.717, 1.165) is 20.4 Å². The lowest BCUT2D eigenvalue weighted by molar-refractivity contribution is -0.138. The number of carbonyl (C=O) groups is 1. The zero-order valence-electron chi connectivity index (χ0n) is 11.3. The number of Topliss-reactive ketones (excluding diaryl/α,β-unsaturated/α-hetero) is 1. The molecule has 2 heterocycles. The summed E-state index contributed by atoms with van der Waals surface area (Å²) < 4.78 is 38.7. The maximum atomic E-state index is 12.6. The molecule has 0 amide bonds. The fraction of sp³-hybridized carbons (Fsp3) is 0.286. The molecule has 7 heteroatoms. The van der Waals surface area contributed by atoms with Gasteiger partial charge in [0, 0.05) is 27.6 Å². The van der Waals surface area contributed by atoms with Crippen molar-refractivity contribution in [3.63, 3.8) is 0 Å². The maximum Gasteiger partial charge on any atom is 0.417 e. The van der Waals surface area contributed by atoms with E-state index >= 15 is 0 Å². The van der Waals surface area contributed by atoms with Gasteiger partial charge in [0.15, 0.2) is 5.78 Å². The molecule has 0 bridgehead atoms. The van der Waals surface area contributed by atoms with E-state index in [1.54, 1.807) is 13.0 Å². The third kappa shape index (κ3) is 3.41. The van der Waals surface area contributed by atoms with Crippen molar-refractivity contribution in [1.82, 2.24) is 4.57 Å². The van der Waals surface area contributed by atoms with Crippen LogP contribution in [0.4, 0.5) is 13.2 Å². The second kappa shape index (κ2) is 5.48. The number of thiophene rings is 1. The Morgan fingerprint density at radius 3 is 2.48 bits per heavy atom. The highest BCUT2D eigenvalue weighted by Gasteiger charge is 2.31. The zero-order chi connectivity index (χ0) is 15.8. The molecule has 0 radical (unpaired) electrons. The van der Waals surface area contributed by atoms with Gasteiger partial charge in [-0.2, -0.15) is 13.2 Å². The van der Waals surface area contributed by atoms with Crippen LogP contribution in [0.1, 0.15) is 25.7 Å². The van der Waals surface area contributed by atoms with Crippen molar-refractivity contribution in [2.24, 2.45) is 0 Å². The minimum atomic E-state index is -4.55. The monoisotopic (exact) mass is 315 g/mol. The van der Waals surface area contributed by atoms with Gasteiger partial charge in [0.1, 0.15) is 0 Å². The number of hydrogen-bond acceptors (Lipinski definition) is 3. The van der Waals surface area contributed by atoms with Gasteiger partial charge in [0.2, 0.25) is 0 Å². The van der Waals surface area contributed by atoms with Gasteiger partial charge in [0.25, 0.3) is 5.56 Å². The summed E-state index contributed by atoms with van der Waals surface area (Å²) in [4.78, 5) is 25.5. The van der Waals surface area contributed by atoms with Gasteiger partial charge in [-0.1, -0.05) is 0 Å². The fourth-order valence-electron chi connectivity index (χ4n) is 1.97. The Balaban J connectivity index is 2.33. The van der Waals surface area contributed by atoms with E-state index in [9.17, 15) is 22.8 Å². The summed E-state index contributed by atoms with van der Waals surface area (Å²) in [6, 6.07) is 3.21. The molecular formula is C14H12F3NO2S. The second-order valence-electron chi connectivity index (χ2n) is 4.63. The van der Waals surface area contributed by atoms with Crippen LogP contribution in [0.3, 0.4) is 0 Å². The molecule has 0 aromatic carbocycles. The number of nitrogens with zero attached hydrogens (tertiary/aromatic N) is 1. The number of carbonyl (C=O) groups excluding carboxylic acids is 1. The molecule has 0 aliphatic carbocycles. The summed E-state index contributed by atoms with van der Waals surface area (Å²) in [5.74, 6) is -0.377. The molecule has 0 saturated heterocycles. The number of hydrogen-bond donors (Lipinski definition) is 0. The lowest BCUT2D eigenvalue weighted by atomic mass is 10.1. The van der Waals surface area contributed by atoms with Gasteiger partial charge >= 0.3 is 6.18 Å². The number of halogens is 3. The molecule has 3 nitrogen and oxygen atoms in total. The van der Waals surface area contributed by atoms with Gasteiger partial charge in [-0.05, 0) is 26.0 Å².